The van der Waals surface area contributed by atoms with E-state index in [1.54, 1.807) is 0 Å². The van der Waals surface area contributed by atoms with Gasteiger partial charge in [-0.25, -0.2) is 22.5 Å². The minimum absolute atomic E-state index is 0.00595. The van der Waals surface area contributed by atoms with Gasteiger partial charge in [0.25, 0.3) is 0 Å². The van der Waals surface area contributed by atoms with E-state index in [2.05, 4.69) is 33.4 Å². The molecule has 2 aromatic rings. The summed E-state index contributed by atoms with van der Waals surface area (Å²) in [6.07, 6.45) is 2.91. The van der Waals surface area contributed by atoms with E-state index in [-0.39, 0.29) is 22.8 Å². The molecule has 28 heavy (non-hydrogen) atoms. The summed E-state index contributed by atoms with van der Waals surface area (Å²) in [6.45, 7) is 6.62. The van der Waals surface area contributed by atoms with Gasteiger partial charge < -0.3 is 4.98 Å². The molecule has 0 spiro atoms. The molecule has 3 atom stereocenters. The topological polar surface area (TPSA) is 78.1 Å². The number of piperidine rings is 1. The Balaban J connectivity index is 1.44. The predicted octanol–water partition coefficient (Wildman–Crippen LogP) is 2.61. The maximum Gasteiger partial charge on any atom is 0.240 e. The van der Waals surface area contributed by atoms with Crippen LogP contribution in [0.3, 0.4) is 0 Å². The highest BCUT2D eigenvalue weighted by molar-refractivity contribution is 7.89. The minimum atomic E-state index is -3.72. The summed E-state index contributed by atoms with van der Waals surface area (Å²) < 4.78 is 41.8. The molecule has 1 aliphatic heterocycles. The monoisotopic (exact) mass is 406 g/mol. The molecule has 1 aromatic carbocycles. The van der Waals surface area contributed by atoms with E-state index in [0.29, 0.717) is 0 Å². The van der Waals surface area contributed by atoms with Gasteiger partial charge in [-0.15, -0.1) is 0 Å². The second-order valence-electron chi connectivity index (χ2n) is 8.00. The van der Waals surface area contributed by atoms with Crippen molar-refractivity contribution in [2.24, 2.45) is 11.8 Å². The molecule has 1 saturated heterocycles. The number of fused-ring (bicyclic) bond motifs is 2. The highest BCUT2D eigenvalue weighted by atomic mass is 32.2. The third kappa shape index (κ3) is 3.86. The number of sulfonamides is 1. The van der Waals surface area contributed by atoms with Gasteiger partial charge in [-0.1, -0.05) is 13.0 Å². The van der Waals surface area contributed by atoms with E-state index >= 15 is 0 Å². The number of benzene rings is 1. The molecule has 0 radical (unpaired) electrons. The summed E-state index contributed by atoms with van der Waals surface area (Å²) >= 11 is 0. The second-order valence-corrected chi connectivity index (χ2v) is 9.72. The van der Waals surface area contributed by atoms with Gasteiger partial charge >= 0.3 is 0 Å². The van der Waals surface area contributed by atoms with Gasteiger partial charge in [0.15, 0.2) is 0 Å². The van der Waals surface area contributed by atoms with E-state index in [1.165, 1.54) is 18.2 Å². The molecule has 6 nitrogen and oxygen atoms in total. The Bertz CT molecular complexity index is 945. The molecular weight excluding hydrogens is 379 g/mol. The number of hydrogen-bond donors (Lipinski definition) is 2. The standard InChI is InChI=1S/C20H27FN4O2S/c1-3-19-22-13(2)18(23-19)12-25-10-14-7-8-15(11-25)20(14)24-28(26,27)17-6-4-5-16(21)9-17/h4-6,9,14-15,20,24H,3,7-8,10-12H2,1-2H3,(H,22,23)/t14-,15+,20?. The summed E-state index contributed by atoms with van der Waals surface area (Å²) in [5, 5.41) is 0. The van der Waals surface area contributed by atoms with Crippen molar-refractivity contribution < 1.29 is 12.8 Å². The molecule has 2 N–H and O–H groups in total. The number of nitrogens with zero attached hydrogens (tertiary/aromatic N) is 2. The lowest BCUT2D eigenvalue weighted by atomic mass is 9.93. The third-order valence-electron chi connectivity index (χ3n) is 6.05. The number of aromatic nitrogens is 2. The van der Waals surface area contributed by atoms with Gasteiger partial charge in [0.05, 0.1) is 10.6 Å². The molecule has 1 unspecified atom stereocenters. The Morgan fingerprint density at radius 1 is 1.29 bits per heavy atom. The van der Waals surface area contributed by atoms with Gasteiger partial charge in [-0.2, -0.15) is 0 Å². The van der Waals surface area contributed by atoms with Gasteiger partial charge in [-0.05, 0) is 49.8 Å². The molecule has 2 fully saturated rings. The van der Waals surface area contributed by atoms with Crippen LogP contribution in [0, 0.1) is 24.6 Å². The molecule has 0 amide bonds. The zero-order valence-electron chi connectivity index (χ0n) is 16.3. The average molecular weight is 407 g/mol. The summed E-state index contributed by atoms with van der Waals surface area (Å²) in [4.78, 5) is 10.4. The van der Waals surface area contributed by atoms with E-state index < -0.39 is 15.8 Å². The van der Waals surface area contributed by atoms with Crippen LogP contribution in [0.1, 0.15) is 37.0 Å². The molecule has 2 aliphatic rings. The summed E-state index contributed by atoms with van der Waals surface area (Å²) in [7, 11) is -3.72. The van der Waals surface area contributed by atoms with E-state index in [4.69, 9.17) is 0 Å². The number of halogens is 1. The normalized spacial score (nSPS) is 25.3. The Hall–Kier alpha value is -1.77. The van der Waals surface area contributed by atoms with Crippen molar-refractivity contribution in [2.75, 3.05) is 13.1 Å². The van der Waals surface area contributed by atoms with Crippen molar-refractivity contribution in [2.45, 2.75) is 50.6 Å². The molecule has 2 heterocycles. The predicted molar refractivity (Wildman–Crippen MR) is 105 cm³/mol. The summed E-state index contributed by atoms with van der Waals surface area (Å²) in [6, 6.07) is 5.11. The average Bonchev–Trinajstić information content (AvgIpc) is 3.10. The zero-order valence-corrected chi connectivity index (χ0v) is 17.1. The molecule has 1 saturated carbocycles. The molecule has 8 heteroatoms. The van der Waals surface area contributed by atoms with Crippen LogP contribution in [0.2, 0.25) is 0 Å². The maximum absolute atomic E-state index is 13.5. The number of hydrogen-bond acceptors (Lipinski definition) is 4. The second kappa shape index (κ2) is 7.57. The molecule has 4 rings (SSSR count). The molecule has 1 aromatic heterocycles. The summed E-state index contributed by atoms with van der Waals surface area (Å²) in [5.74, 6) is 1.01. The molecule has 2 bridgehead atoms. The lowest BCUT2D eigenvalue weighted by molar-refractivity contribution is 0.132. The molecule has 152 valence electrons. The number of nitrogens with one attached hydrogen (secondary N) is 2. The fourth-order valence-electron chi connectivity index (χ4n) is 4.62. The van der Waals surface area contributed by atoms with E-state index in [0.717, 1.165) is 62.2 Å². The zero-order chi connectivity index (χ0) is 19.9. The van der Waals surface area contributed by atoms with E-state index in [9.17, 15) is 12.8 Å². The maximum atomic E-state index is 13.5. The fraction of sp³-hybridized carbons (Fsp3) is 0.550. The largest absolute Gasteiger partial charge is 0.346 e. The van der Waals surface area contributed by atoms with Crippen molar-refractivity contribution in [3.63, 3.8) is 0 Å². The van der Waals surface area contributed by atoms with Crippen LogP contribution in [0.15, 0.2) is 29.2 Å². The van der Waals surface area contributed by atoms with Crippen LogP contribution >= 0.6 is 0 Å². The van der Waals surface area contributed by atoms with Crippen LogP contribution in [0.25, 0.3) is 0 Å². The highest BCUT2D eigenvalue weighted by Crippen LogP contribution is 2.38. The number of likely N-dealkylation sites (tertiary alicyclic amines) is 1. The Kier molecular flexibility index (Phi) is 5.28. The minimum Gasteiger partial charge on any atom is -0.346 e. The van der Waals surface area contributed by atoms with Crippen molar-refractivity contribution in [3.8, 4) is 0 Å². The fourth-order valence-corrected chi connectivity index (χ4v) is 6.02. The highest BCUT2D eigenvalue weighted by Gasteiger charge is 2.44. The van der Waals surface area contributed by atoms with Gasteiger partial charge in [0.1, 0.15) is 11.6 Å². The van der Waals surface area contributed by atoms with Crippen molar-refractivity contribution in [1.29, 1.82) is 0 Å². The number of rotatable bonds is 6. The lowest BCUT2D eigenvalue weighted by Gasteiger charge is -2.38. The lowest BCUT2D eigenvalue weighted by Crippen LogP contribution is -2.52. The molecular formula is C20H27FN4O2S. The van der Waals surface area contributed by atoms with Gasteiger partial charge in [-0.3, -0.25) is 4.90 Å². The number of aryl methyl sites for hydroxylation is 2. The molecule has 1 aliphatic carbocycles. The Morgan fingerprint density at radius 2 is 2.00 bits per heavy atom. The third-order valence-corrected chi connectivity index (χ3v) is 7.51. The first-order chi connectivity index (χ1) is 13.4. The first-order valence-corrected chi connectivity index (χ1v) is 11.4. The van der Waals surface area contributed by atoms with Crippen molar-refractivity contribution >= 4 is 10.0 Å². The van der Waals surface area contributed by atoms with Crippen LogP contribution in [-0.2, 0) is 23.0 Å². The summed E-state index contributed by atoms with van der Waals surface area (Å²) in [5.41, 5.74) is 2.19. The van der Waals surface area contributed by atoms with E-state index in [1.807, 2.05) is 0 Å². The van der Waals surface area contributed by atoms with Crippen LogP contribution < -0.4 is 4.72 Å². The smallest absolute Gasteiger partial charge is 0.240 e. The first-order valence-electron chi connectivity index (χ1n) is 9.90. The SMILES string of the molecule is CCc1nc(CN2C[C@H]3CC[C@@H](C2)C3NS(=O)(=O)c2cccc(F)c2)c(C)[nH]1. The van der Waals surface area contributed by atoms with Gasteiger partial charge in [0.2, 0.25) is 10.0 Å². The quantitative estimate of drug-likeness (QED) is 0.773. The number of H-pyrrole nitrogens is 1. The van der Waals surface area contributed by atoms with Crippen LogP contribution in [0.4, 0.5) is 4.39 Å². The van der Waals surface area contributed by atoms with Crippen molar-refractivity contribution in [1.82, 2.24) is 19.6 Å². The van der Waals surface area contributed by atoms with Crippen LogP contribution in [0.5, 0.6) is 0 Å². The Morgan fingerprint density at radius 3 is 2.61 bits per heavy atom. The van der Waals surface area contributed by atoms with Gasteiger partial charge in [0, 0.05) is 37.8 Å². The first kappa shape index (κ1) is 19.5. The van der Waals surface area contributed by atoms with Crippen molar-refractivity contribution in [3.05, 3.63) is 47.3 Å². The Labute approximate surface area is 165 Å². The number of imidazole rings is 1. The number of aromatic amines is 1. The van der Waals surface area contributed by atoms with Crippen LogP contribution in [-0.4, -0.2) is 42.4 Å².